The maximum Gasteiger partial charge on any atom is 0.498 e. The minimum Gasteiger partial charge on any atom is -0.399 e. The molecule has 1 aromatic heterocycles. The van der Waals surface area contributed by atoms with Gasteiger partial charge in [0.25, 0.3) is 0 Å². The lowest BCUT2D eigenvalue weighted by molar-refractivity contribution is 0.00578. The highest BCUT2D eigenvalue weighted by Gasteiger charge is 2.52. The quantitative estimate of drug-likeness (QED) is 0.748. The Labute approximate surface area is 118 Å². The van der Waals surface area contributed by atoms with E-state index >= 15 is 0 Å². The minimum atomic E-state index is -0.715. The molecule has 0 saturated carbocycles. The second-order valence-electron chi connectivity index (χ2n) is 6.12. The molecule has 0 amide bonds. The molecule has 1 fully saturated rings. The summed E-state index contributed by atoms with van der Waals surface area (Å²) >= 11 is 0. The van der Waals surface area contributed by atoms with Crippen LogP contribution in [0.5, 0.6) is 0 Å². The molecule has 0 atom stereocenters. The van der Waals surface area contributed by atoms with Gasteiger partial charge >= 0.3 is 7.12 Å². The van der Waals surface area contributed by atoms with Gasteiger partial charge in [-0.3, -0.25) is 4.98 Å². The Hall–Kier alpha value is -1.46. The summed E-state index contributed by atoms with van der Waals surface area (Å²) in [6.07, 6.45) is 1.69. The molecule has 0 N–H and O–H groups in total. The van der Waals surface area contributed by atoms with Gasteiger partial charge in [-0.1, -0.05) is 6.07 Å². The molecule has 104 valence electrons. The second-order valence-corrected chi connectivity index (χ2v) is 6.12. The van der Waals surface area contributed by atoms with Crippen LogP contribution in [0.15, 0.2) is 30.5 Å². The highest BCUT2D eigenvalue weighted by Crippen LogP contribution is 2.37. The first-order valence-corrected chi connectivity index (χ1v) is 6.71. The van der Waals surface area contributed by atoms with Crippen molar-refractivity contribution in [3.05, 3.63) is 36.3 Å². The first-order valence-electron chi connectivity index (χ1n) is 6.71. The Kier molecular flexibility index (Phi) is 2.89. The maximum absolute atomic E-state index is 14.3. The predicted octanol–water partition coefficient (Wildman–Crippen LogP) is 2.67. The molecule has 1 saturated heterocycles. The summed E-state index contributed by atoms with van der Waals surface area (Å²) in [5.74, 6) is -0.330. The summed E-state index contributed by atoms with van der Waals surface area (Å²) in [5, 5.41) is 0.728. The molecule has 3 rings (SSSR count). The van der Waals surface area contributed by atoms with E-state index in [1.54, 1.807) is 18.3 Å². The molecule has 2 heterocycles. The number of rotatable bonds is 1. The van der Waals surface area contributed by atoms with Crippen LogP contribution in [0.25, 0.3) is 10.9 Å². The topological polar surface area (TPSA) is 31.4 Å². The normalized spacial score (nSPS) is 20.6. The average Bonchev–Trinajstić information content (AvgIpc) is 2.57. The predicted molar refractivity (Wildman–Crippen MR) is 77.4 cm³/mol. The summed E-state index contributed by atoms with van der Waals surface area (Å²) in [6, 6.07) is 6.71. The zero-order valence-corrected chi connectivity index (χ0v) is 12.1. The van der Waals surface area contributed by atoms with Crippen molar-refractivity contribution in [2.45, 2.75) is 38.9 Å². The fourth-order valence-corrected chi connectivity index (χ4v) is 2.35. The summed E-state index contributed by atoms with van der Waals surface area (Å²) in [4.78, 5) is 4.25. The van der Waals surface area contributed by atoms with Gasteiger partial charge in [0, 0.05) is 17.0 Å². The van der Waals surface area contributed by atoms with Gasteiger partial charge in [-0.2, -0.15) is 0 Å². The third-order valence-electron chi connectivity index (χ3n) is 4.26. The van der Waals surface area contributed by atoms with Crippen molar-refractivity contribution in [3.63, 3.8) is 0 Å². The van der Waals surface area contributed by atoms with Gasteiger partial charge < -0.3 is 9.31 Å². The summed E-state index contributed by atoms with van der Waals surface area (Å²) < 4.78 is 26.2. The summed E-state index contributed by atoms with van der Waals surface area (Å²) in [5.41, 5.74) is 0.177. The number of halogens is 1. The smallest absolute Gasteiger partial charge is 0.399 e. The van der Waals surface area contributed by atoms with Crippen LogP contribution in [0.2, 0.25) is 0 Å². The van der Waals surface area contributed by atoms with Gasteiger partial charge in [0.2, 0.25) is 0 Å². The average molecular weight is 273 g/mol. The van der Waals surface area contributed by atoms with Gasteiger partial charge in [0.1, 0.15) is 5.82 Å². The van der Waals surface area contributed by atoms with Crippen molar-refractivity contribution in [3.8, 4) is 0 Å². The molecule has 2 aromatic rings. The molecular weight excluding hydrogens is 256 g/mol. The third kappa shape index (κ3) is 1.93. The highest BCUT2D eigenvalue weighted by atomic mass is 19.1. The van der Waals surface area contributed by atoms with Crippen LogP contribution >= 0.6 is 0 Å². The number of pyridine rings is 1. The van der Waals surface area contributed by atoms with Crippen LogP contribution in [0.3, 0.4) is 0 Å². The van der Waals surface area contributed by atoms with E-state index in [-0.39, 0.29) is 5.82 Å². The van der Waals surface area contributed by atoms with Crippen LogP contribution in [0, 0.1) is 5.82 Å². The van der Waals surface area contributed by atoms with Crippen LogP contribution < -0.4 is 5.46 Å². The second kappa shape index (κ2) is 4.27. The maximum atomic E-state index is 14.3. The lowest BCUT2D eigenvalue weighted by atomic mass is 9.76. The van der Waals surface area contributed by atoms with Gasteiger partial charge in [-0.25, -0.2) is 4.39 Å². The fraction of sp³-hybridized carbons (Fsp3) is 0.400. The lowest BCUT2D eigenvalue weighted by Crippen LogP contribution is -2.41. The molecule has 1 aliphatic rings. The van der Waals surface area contributed by atoms with Crippen molar-refractivity contribution >= 4 is 23.5 Å². The Balaban J connectivity index is 2.14. The molecule has 3 nitrogen and oxygen atoms in total. The van der Waals surface area contributed by atoms with Gasteiger partial charge in [0.05, 0.1) is 16.7 Å². The lowest BCUT2D eigenvalue weighted by Gasteiger charge is -2.32. The van der Waals surface area contributed by atoms with Crippen molar-refractivity contribution in [1.29, 1.82) is 0 Å². The first-order chi connectivity index (χ1) is 9.32. The number of fused-ring (bicyclic) bond motifs is 1. The Bertz CT molecular complexity index is 656. The van der Waals surface area contributed by atoms with E-state index in [4.69, 9.17) is 9.31 Å². The molecule has 0 spiro atoms. The SMILES string of the molecule is CC1(C)OB(c2c(F)ccc3ncccc23)OC1(C)C. The van der Waals surface area contributed by atoms with Crippen LogP contribution in [0.1, 0.15) is 27.7 Å². The standard InChI is InChI=1S/C15H17BFNO2/c1-14(2)15(3,4)20-16(19-14)13-10-6-5-9-18-12(10)8-7-11(13)17/h5-9H,1-4H3. The van der Waals surface area contributed by atoms with Gasteiger partial charge in [-0.15, -0.1) is 0 Å². The molecule has 0 aliphatic carbocycles. The molecule has 5 heteroatoms. The largest absolute Gasteiger partial charge is 0.498 e. The van der Waals surface area contributed by atoms with Crippen LogP contribution in [0.4, 0.5) is 4.39 Å². The van der Waals surface area contributed by atoms with E-state index in [0.717, 1.165) is 10.9 Å². The van der Waals surface area contributed by atoms with Crippen molar-refractivity contribution in [2.24, 2.45) is 0 Å². The molecule has 1 aliphatic heterocycles. The van der Waals surface area contributed by atoms with E-state index in [2.05, 4.69) is 4.98 Å². The number of hydrogen-bond acceptors (Lipinski definition) is 3. The molecule has 0 bridgehead atoms. The highest BCUT2D eigenvalue weighted by molar-refractivity contribution is 6.65. The van der Waals surface area contributed by atoms with E-state index in [1.807, 2.05) is 33.8 Å². The van der Waals surface area contributed by atoms with Crippen molar-refractivity contribution < 1.29 is 13.7 Å². The summed E-state index contributed by atoms with van der Waals surface area (Å²) in [7, 11) is -0.715. The summed E-state index contributed by atoms with van der Waals surface area (Å²) in [6.45, 7) is 7.81. The van der Waals surface area contributed by atoms with Crippen molar-refractivity contribution in [1.82, 2.24) is 4.98 Å². The molecule has 1 aromatic carbocycles. The Morgan fingerprint density at radius 3 is 2.35 bits per heavy atom. The molecular formula is C15H17BFNO2. The Morgan fingerprint density at radius 1 is 1.05 bits per heavy atom. The zero-order chi connectivity index (χ0) is 14.5. The van der Waals surface area contributed by atoms with E-state index in [1.165, 1.54) is 6.07 Å². The molecule has 0 unspecified atom stereocenters. The van der Waals surface area contributed by atoms with E-state index in [9.17, 15) is 4.39 Å². The minimum absolute atomic E-state index is 0.330. The van der Waals surface area contributed by atoms with Crippen LogP contribution in [-0.4, -0.2) is 23.3 Å². The molecule has 0 radical (unpaired) electrons. The van der Waals surface area contributed by atoms with Crippen molar-refractivity contribution in [2.75, 3.05) is 0 Å². The number of aromatic nitrogens is 1. The monoisotopic (exact) mass is 273 g/mol. The Morgan fingerprint density at radius 2 is 1.70 bits per heavy atom. The van der Waals surface area contributed by atoms with Crippen LogP contribution in [-0.2, 0) is 9.31 Å². The number of hydrogen-bond donors (Lipinski definition) is 0. The molecule has 20 heavy (non-hydrogen) atoms. The zero-order valence-electron chi connectivity index (χ0n) is 12.1. The van der Waals surface area contributed by atoms with Gasteiger partial charge in [-0.05, 0) is 45.9 Å². The third-order valence-corrected chi connectivity index (χ3v) is 4.26. The van der Waals surface area contributed by atoms with E-state index in [0.29, 0.717) is 5.46 Å². The number of benzene rings is 1. The fourth-order valence-electron chi connectivity index (χ4n) is 2.35. The van der Waals surface area contributed by atoms with Gasteiger partial charge in [0.15, 0.2) is 0 Å². The first kappa shape index (κ1) is 13.5. The number of nitrogens with zero attached hydrogens (tertiary/aromatic N) is 1. The van der Waals surface area contributed by atoms with E-state index < -0.39 is 18.3 Å².